The Labute approximate surface area is 127 Å². The molecule has 0 unspecified atom stereocenters. The second-order valence-corrected chi connectivity index (χ2v) is 6.18. The molecule has 4 heteroatoms. The average Bonchev–Trinajstić information content (AvgIpc) is 3.15. The molecular weight excluding hydrogens is 316 g/mol. The Balaban J connectivity index is 1.62. The number of rotatable bonds is 6. The van der Waals surface area contributed by atoms with E-state index >= 15 is 0 Å². The van der Waals surface area contributed by atoms with E-state index in [4.69, 9.17) is 4.42 Å². The Hall–Kier alpha value is -1.13. The lowest BCUT2D eigenvalue weighted by atomic mass is 10.1. The normalized spacial score (nSPS) is 14.7. The highest BCUT2D eigenvalue weighted by Crippen LogP contribution is 2.31. The summed E-state index contributed by atoms with van der Waals surface area (Å²) >= 11 is 3.62. The van der Waals surface area contributed by atoms with Crippen molar-refractivity contribution in [2.45, 2.75) is 38.6 Å². The first-order valence-corrected chi connectivity index (χ1v) is 7.97. The summed E-state index contributed by atoms with van der Waals surface area (Å²) < 4.78 is 6.94. The van der Waals surface area contributed by atoms with Crippen LogP contribution in [0.1, 0.15) is 30.7 Å². The predicted octanol–water partition coefficient (Wildman–Crippen LogP) is 4.10. The van der Waals surface area contributed by atoms with Crippen LogP contribution in [-0.2, 0) is 6.42 Å². The maximum atomic E-state index is 5.86. The van der Waals surface area contributed by atoms with Crippen molar-refractivity contribution < 1.29 is 4.42 Å². The minimum Gasteiger partial charge on any atom is -0.441 e. The molecule has 1 N–H and O–H groups in total. The van der Waals surface area contributed by atoms with Crippen molar-refractivity contribution in [2.24, 2.45) is 0 Å². The first-order valence-electron chi connectivity index (χ1n) is 7.17. The van der Waals surface area contributed by atoms with Crippen LogP contribution >= 0.6 is 15.9 Å². The van der Waals surface area contributed by atoms with Gasteiger partial charge in [-0.25, -0.2) is 4.98 Å². The minimum absolute atomic E-state index is 0.776. The van der Waals surface area contributed by atoms with Crippen molar-refractivity contribution in [3.63, 3.8) is 0 Å². The van der Waals surface area contributed by atoms with Crippen LogP contribution in [0.4, 0.5) is 0 Å². The molecule has 1 aromatic heterocycles. The minimum atomic E-state index is 0.776. The molecule has 0 saturated heterocycles. The molecule has 1 saturated carbocycles. The van der Waals surface area contributed by atoms with Gasteiger partial charge in [-0.05, 0) is 54.2 Å². The summed E-state index contributed by atoms with van der Waals surface area (Å²) in [5.41, 5.74) is 2.27. The molecule has 3 nitrogen and oxygen atoms in total. The molecule has 0 spiro atoms. The molecule has 1 aliphatic carbocycles. The molecule has 1 aromatic carbocycles. The molecule has 2 aromatic rings. The molecule has 106 valence electrons. The van der Waals surface area contributed by atoms with Gasteiger partial charge < -0.3 is 9.73 Å². The quantitative estimate of drug-likeness (QED) is 0.808. The number of aromatic nitrogens is 1. The van der Waals surface area contributed by atoms with E-state index in [1.165, 1.54) is 18.4 Å². The van der Waals surface area contributed by atoms with Crippen LogP contribution in [0.5, 0.6) is 0 Å². The van der Waals surface area contributed by atoms with Gasteiger partial charge in [-0.3, -0.25) is 0 Å². The third-order valence-electron chi connectivity index (χ3n) is 3.59. The molecule has 1 heterocycles. The van der Waals surface area contributed by atoms with Gasteiger partial charge in [-0.15, -0.1) is 0 Å². The molecule has 0 radical (unpaired) electrons. The van der Waals surface area contributed by atoms with Gasteiger partial charge in [0.2, 0.25) is 0 Å². The molecule has 3 rings (SSSR count). The largest absolute Gasteiger partial charge is 0.441 e. The van der Waals surface area contributed by atoms with Crippen LogP contribution in [0.25, 0.3) is 11.3 Å². The maximum Gasteiger partial charge on any atom is 0.194 e. The SMILES string of the molecule is Cc1cccc(-c2cnc(CCCNC3CC3)o2)c1Br. The van der Waals surface area contributed by atoms with Crippen LogP contribution in [0.15, 0.2) is 33.3 Å². The summed E-state index contributed by atoms with van der Waals surface area (Å²) in [5.74, 6) is 1.66. The Morgan fingerprint density at radius 1 is 1.40 bits per heavy atom. The lowest BCUT2D eigenvalue weighted by Crippen LogP contribution is -2.17. The molecule has 0 amide bonds. The van der Waals surface area contributed by atoms with Gasteiger partial charge in [0.15, 0.2) is 11.7 Å². The fraction of sp³-hybridized carbons (Fsp3) is 0.438. The number of hydrogen-bond donors (Lipinski definition) is 1. The van der Waals surface area contributed by atoms with Gasteiger partial charge in [0, 0.05) is 22.5 Å². The van der Waals surface area contributed by atoms with E-state index in [2.05, 4.69) is 45.3 Å². The standard InChI is InChI=1S/C16H19BrN2O/c1-11-4-2-5-13(16(11)17)14-10-19-15(20-14)6-3-9-18-12-7-8-12/h2,4-5,10,12,18H,3,6-9H2,1H3. The summed E-state index contributed by atoms with van der Waals surface area (Å²) in [6.07, 6.45) is 6.47. The van der Waals surface area contributed by atoms with E-state index in [0.717, 1.165) is 47.1 Å². The highest BCUT2D eigenvalue weighted by Gasteiger charge is 2.19. The molecule has 0 bridgehead atoms. The predicted molar refractivity (Wildman–Crippen MR) is 83.7 cm³/mol. The fourth-order valence-electron chi connectivity index (χ4n) is 2.22. The van der Waals surface area contributed by atoms with E-state index in [1.807, 2.05) is 12.3 Å². The van der Waals surface area contributed by atoms with E-state index < -0.39 is 0 Å². The summed E-state index contributed by atoms with van der Waals surface area (Å²) in [5, 5.41) is 3.50. The lowest BCUT2D eigenvalue weighted by molar-refractivity contribution is 0.491. The van der Waals surface area contributed by atoms with Crippen LogP contribution in [0.2, 0.25) is 0 Å². The number of oxazole rings is 1. The van der Waals surface area contributed by atoms with Crippen molar-refractivity contribution in [3.05, 3.63) is 40.3 Å². The lowest BCUT2D eigenvalue weighted by Gasteiger charge is -2.03. The highest BCUT2D eigenvalue weighted by molar-refractivity contribution is 9.10. The number of halogens is 1. The molecular formula is C16H19BrN2O. The van der Waals surface area contributed by atoms with Crippen molar-refractivity contribution in [1.82, 2.24) is 10.3 Å². The van der Waals surface area contributed by atoms with E-state index in [-0.39, 0.29) is 0 Å². The number of aryl methyl sites for hydroxylation is 2. The zero-order valence-electron chi connectivity index (χ0n) is 11.7. The van der Waals surface area contributed by atoms with Crippen molar-refractivity contribution in [3.8, 4) is 11.3 Å². The van der Waals surface area contributed by atoms with Crippen LogP contribution < -0.4 is 5.32 Å². The smallest absolute Gasteiger partial charge is 0.194 e. The first-order chi connectivity index (χ1) is 9.74. The number of nitrogens with one attached hydrogen (secondary N) is 1. The van der Waals surface area contributed by atoms with E-state index in [9.17, 15) is 0 Å². The van der Waals surface area contributed by atoms with Crippen LogP contribution in [0.3, 0.4) is 0 Å². The third-order valence-corrected chi connectivity index (χ3v) is 4.64. The van der Waals surface area contributed by atoms with Gasteiger partial charge in [-0.2, -0.15) is 0 Å². The zero-order valence-corrected chi connectivity index (χ0v) is 13.2. The Morgan fingerprint density at radius 2 is 2.25 bits per heavy atom. The van der Waals surface area contributed by atoms with Crippen molar-refractivity contribution >= 4 is 15.9 Å². The molecule has 1 fully saturated rings. The number of hydrogen-bond acceptors (Lipinski definition) is 3. The first kappa shape index (κ1) is 13.8. The fourth-order valence-corrected chi connectivity index (χ4v) is 2.68. The van der Waals surface area contributed by atoms with Crippen molar-refractivity contribution in [1.29, 1.82) is 0 Å². The summed E-state index contributed by atoms with van der Waals surface area (Å²) in [6.45, 7) is 3.13. The van der Waals surface area contributed by atoms with Gasteiger partial charge in [0.05, 0.1) is 6.20 Å². The van der Waals surface area contributed by atoms with E-state index in [1.54, 1.807) is 0 Å². The van der Waals surface area contributed by atoms with Gasteiger partial charge in [0.25, 0.3) is 0 Å². The molecule has 1 aliphatic rings. The molecule has 0 aliphatic heterocycles. The summed E-state index contributed by atoms with van der Waals surface area (Å²) in [6, 6.07) is 6.94. The van der Waals surface area contributed by atoms with E-state index in [0.29, 0.717) is 0 Å². The summed E-state index contributed by atoms with van der Waals surface area (Å²) in [7, 11) is 0. The van der Waals surface area contributed by atoms with Gasteiger partial charge in [-0.1, -0.05) is 18.2 Å². The van der Waals surface area contributed by atoms with Crippen LogP contribution in [0, 0.1) is 6.92 Å². The second kappa shape index (κ2) is 6.10. The number of nitrogens with zero attached hydrogens (tertiary/aromatic N) is 1. The van der Waals surface area contributed by atoms with Gasteiger partial charge >= 0.3 is 0 Å². The number of benzene rings is 1. The Kier molecular flexibility index (Phi) is 4.22. The van der Waals surface area contributed by atoms with Crippen LogP contribution in [-0.4, -0.2) is 17.6 Å². The Morgan fingerprint density at radius 3 is 3.05 bits per heavy atom. The monoisotopic (exact) mass is 334 g/mol. The maximum absolute atomic E-state index is 5.86. The Bertz CT molecular complexity index is 590. The highest BCUT2D eigenvalue weighted by atomic mass is 79.9. The zero-order chi connectivity index (χ0) is 13.9. The van der Waals surface area contributed by atoms with Gasteiger partial charge in [0.1, 0.15) is 0 Å². The summed E-state index contributed by atoms with van der Waals surface area (Å²) in [4.78, 5) is 4.38. The topological polar surface area (TPSA) is 38.1 Å². The van der Waals surface area contributed by atoms with Crippen molar-refractivity contribution in [2.75, 3.05) is 6.54 Å². The molecule has 20 heavy (non-hydrogen) atoms. The molecule has 0 atom stereocenters. The average molecular weight is 335 g/mol. The second-order valence-electron chi connectivity index (χ2n) is 5.39. The third kappa shape index (κ3) is 3.30.